The topological polar surface area (TPSA) is 70.2 Å². The van der Waals surface area contributed by atoms with Crippen molar-refractivity contribution >= 4 is 17.6 Å². The Morgan fingerprint density at radius 1 is 1.09 bits per heavy atom. The van der Waals surface area contributed by atoms with Crippen molar-refractivity contribution in [3.8, 4) is 0 Å². The van der Waals surface area contributed by atoms with Gasteiger partial charge in [0.2, 0.25) is 0 Å². The normalized spacial score (nSPS) is 10.0. The molecule has 6 heteroatoms. The van der Waals surface area contributed by atoms with Crippen LogP contribution in [0.1, 0.15) is 21.5 Å². The average Bonchev–Trinajstić information content (AvgIpc) is 2.55. The summed E-state index contributed by atoms with van der Waals surface area (Å²) in [6.07, 6.45) is 0. The molecule has 0 aromatic heterocycles. The molecule has 0 fully saturated rings. The van der Waals surface area contributed by atoms with Crippen molar-refractivity contribution in [3.63, 3.8) is 0 Å². The van der Waals surface area contributed by atoms with Gasteiger partial charge in [-0.2, -0.15) is 0 Å². The summed E-state index contributed by atoms with van der Waals surface area (Å²) in [6, 6.07) is 11.2. The predicted molar refractivity (Wildman–Crippen MR) is 86.8 cm³/mol. The summed E-state index contributed by atoms with van der Waals surface area (Å²) < 4.78 is 13.6. The predicted octanol–water partition coefficient (Wildman–Crippen LogP) is 2.82. The number of halogens is 1. The molecule has 0 heterocycles. The molecule has 0 aliphatic carbocycles. The maximum absolute atomic E-state index is 13.6. The summed E-state index contributed by atoms with van der Waals surface area (Å²) in [7, 11) is 1.41. The van der Waals surface area contributed by atoms with Crippen LogP contribution in [0.5, 0.6) is 0 Å². The third-order valence-corrected chi connectivity index (χ3v) is 3.27. The molecule has 120 valence electrons. The third kappa shape index (κ3) is 4.54. The summed E-state index contributed by atoms with van der Waals surface area (Å²) >= 11 is 0. The van der Waals surface area contributed by atoms with E-state index in [-0.39, 0.29) is 5.56 Å². The van der Waals surface area contributed by atoms with E-state index in [1.54, 1.807) is 0 Å². The van der Waals surface area contributed by atoms with Gasteiger partial charge in [-0.1, -0.05) is 29.8 Å². The van der Waals surface area contributed by atoms with Crippen molar-refractivity contribution in [2.24, 2.45) is 0 Å². The Labute approximate surface area is 133 Å². The lowest BCUT2D eigenvalue weighted by molar-refractivity contribution is 0.0959. The number of nitrogens with one attached hydrogen (secondary N) is 3. The fraction of sp³-hybridized carbons (Fsp3) is 0.176. The van der Waals surface area contributed by atoms with E-state index in [1.165, 1.54) is 19.2 Å². The molecule has 0 unspecified atom stereocenters. The zero-order chi connectivity index (χ0) is 16.8. The minimum atomic E-state index is -0.644. The highest BCUT2D eigenvalue weighted by molar-refractivity contribution is 5.96. The lowest BCUT2D eigenvalue weighted by Crippen LogP contribution is -2.28. The van der Waals surface area contributed by atoms with Gasteiger partial charge in [0.15, 0.2) is 0 Å². The summed E-state index contributed by atoms with van der Waals surface area (Å²) in [5.74, 6) is -1.19. The average molecular weight is 315 g/mol. The lowest BCUT2D eigenvalue weighted by Gasteiger charge is -2.09. The molecule has 23 heavy (non-hydrogen) atoms. The third-order valence-electron chi connectivity index (χ3n) is 3.27. The first-order chi connectivity index (χ1) is 11.0. The molecule has 2 aromatic carbocycles. The van der Waals surface area contributed by atoms with Gasteiger partial charge in [-0.15, -0.1) is 0 Å². The molecule has 5 nitrogen and oxygen atoms in total. The molecule has 0 bridgehead atoms. The molecule has 3 N–H and O–H groups in total. The number of benzene rings is 2. The van der Waals surface area contributed by atoms with Gasteiger partial charge in [-0.25, -0.2) is 9.18 Å². The summed E-state index contributed by atoms with van der Waals surface area (Å²) in [4.78, 5) is 23.4. The molecule has 0 saturated heterocycles. The number of aryl methyl sites for hydroxylation is 1. The highest BCUT2D eigenvalue weighted by atomic mass is 19.1. The van der Waals surface area contributed by atoms with E-state index in [0.717, 1.165) is 17.2 Å². The molecule has 3 amide bonds. The molecule has 2 rings (SSSR count). The first-order valence-electron chi connectivity index (χ1n) is 7.11. The van der Waals surface area contributed by atoms with Crippen molar-refractivity contribution in [2.75, 3.05) is 12.4 Å². The molecular formula is C17H18FN3O2. The standard InChI is InChI=1S/C17H18FN3O2/c1-11-3-5-12(6-4-11)10-20-17(23)21-13-7-8-15(18)14(9-13)16(22)19-2/h3-9H,10H2,1-2H3,(H,19,22)(H2,20,21,23). The zero-order valence-electron chi connectivity index (χ0n) is 12.9. The Hall–Kier alpha value is -2.89. The number of hydrogen-bond acceptors (Lipinski definition) is 2. The fourth-order valence-corrected chi connectivity index (χ4v) is 1.98. The quantitative estimate of drug-likeness (QED) is 0.812. The molecular weight excluding hydrogens is 297 g/mol. The number of anilines is 1. The largest absolute Gasteiger partial charge is 0.355 e. The van der Waals surface area contributed by atoms with Crippen molar-refractivity contribution < 1.29 is 14.0 Å². The Bertz CT molecular complexity index is 714. The summed E-state index contributed by atoms with van der Waals surface area (Å²) in [5.41, 5.74) is 2.33. The van der Waals surface area contributed by atoms with Gasteiger partial charge in [-0.05, 0) is 30.7 Å². The van der Waals surface area contributed by atoms with Gasteiger partial charge < -0.3 is 16.0 Å². The number of urea groups is 1. The van der Waals surface area contributed by atoms with E-state index in [2.05, 4.69) is 16.0 Å². The Kier molecular flexibility index (Phi) is 5.30. The first kappa shape index (κ1) is 16.5. The molecule has 0 spiro atoms. The second-order valence-corrected chi connectivity index (χ2v) is 5.07. The van der Waals surface area contributed by atoms with Gasteiger partial charge in [0, 0.05) is 19.3 Å². The Morgan fingerprint density at radius 3 is 2.43 bits per heavy atom. The maximum Gasteiger partial charge on any atom is 0.319 e. The highest BCUT2D eigenvalue weighted by Gasteiger charge is 2.12. The Balaban J connectivity index is 1.97. The molecule has 0 atom stereocenters. The number of carbonyl (C=O) groups excluding carboxylic acids is 2. The van der Waals surface area contributed by atoms with Crippen LogP contribution >= 0.6 is 0 Å². The zero-order valence-corrected chi connectivity index (χ0v) is 12.9. The van der Waals surface area contributed by atoms with Gasteiger partial charge in [0.25, 0.3) is 5.91 Å². The molecule has 2 aromatic rings. The second-order valence-electron chi connectivity index (χ2n) is 5.07. The molecule has 0 saturated carbocycles. The van der Waals surface area contributed by atoms with Crippen LogP contribution in [0.25, 0.3) is 0 Å². The van der Waals surface area contributed by atoms with Crippen molar-refractivity contribution in [3.05, 3.63) is 65.0 Å². The number of rotatable bonds is 4. The van der Waals surface area contributed by atoms with Crippen LogP contribution in [0.4, 0.5) is 14.9 Å². The van der Waals surface area contributed by atoms with Gasteiger partial charge >= 0.3 is 6.03 Å². The smallest absolute Gasteiger partial charge is 0.319 e. The summed E-state index contributed by atoms with van der Waals surface area (Å²) in [6.45, 7) is 2.36. The van der Waals surface area contributed by atoms with E-state index in [4.69, 9.17) is 0 Å². The second kappa shape index (κ2) is 7.40. The maximum atomic E-state index is 13.6. The monoisotopic (exact) mass is 315 g/mol. The molecule has 0 radical (unpaired) electrons. The Morgan fingerprint density at radius 2 is 1.78 bits per heavy atom. The number of carbonyl (C=O) groups is 2. The van der Waals surface area contributed by atoms with Crippen LogP contribution in [0.15, 0.2) is 42.5 Å². The van der Waals surface area contributed by atoms with E-state index < -0.39 is 17.8 Å². The van der Waals surface area contributed by atoms with E-state index in [1.807, 2.05) is 31.2 Å². The fourth-order valence-electron chi connectivity index (χ4n) is 1.98. The van der Waals surface area contributed by atoms with Crippen molar-refractivity contribution in [1.82, 2.24) is 10.6 Å². The molecule has 0 aliphatic heterocycles. The van der Waals surface area contributed by atoms with E-state index >= 15 is 0 Å². The van der Waals surface area contributed by atoms with Crippen molar-refractivity contribution in [2.45, 2.75) is 13.5 Å². The minimum Gasteiger partial charge on any atom is -0.355 e. The van der Waals surface area contributed by atoms with Crippen LogP contribution < -0.4 is 16.0 Å². The van der Waals surface area contributed by atoms with Crippen molar-refractivity contribution in [1.29, 1.82) is 0 Å². The highest BCUT2D eigenvalue weighted by Crippen LogP contribution is 2.14. The molecule has 0 aliphatic rings. The summed E-state index contributed by atoms with van der Waals surface area (Å²) in [5, 5.41) is 7.62. The number of amides is 3. The van der Waals surface area contributed by atoms with Crippen LogP contribution in [0.3, 0.4) is 0 Å². The minimum absolute atomic E-state index is 0.121. The van der Waals surface area contributed by atoms with Gasteiger partial charge in [0.05, 0.1) is 5.56 Å². The van der Waals surface area contributed by atoms with Crippen LogP contribution in [-0.4, -0.2) is 19.0 Å². The van der Waals surface area contributed by atoms with Gasteiger partial charge in [0.1, 0.15) is 5.82 Å². The number of hydrogen-bond donors (Lipinski definition) is 3. The van der Waals surface area contributed by atoms with Crippen LogP contribution in [0, 0.1) is 12.7 Å². The SMILES string of the molecule is CNC(=O)c1cc(NC(=O)NCc2ccc(C)cc2)ccc1F. The van der Waals surface area contributed by atoms with E-state index in [0.29, 0.717) is 12.2 Å². The van der Waals surface area contributed by atoms with Crippen LogP contribution in [-0.2, 0) is 6.54 Å². The first-order valence-corrected chi connectivity index (χ1v) is 7.11. The van der Waals surface area contributed by atoms with Gasteiger partial charge in [-0.3, -0.25) is 4.79 Å². The van der Waals surface area contributed by atoms with Crippen LogP contribution in [0.2, 0.25) is 0 Å². The van der Waals surface area contributed by atoms with E-state index in [9.17, 15) is 14.0 Å². The lowest BCUT2D eigenvalue weighted by atomic mass is 10.1.